The molecule has 2 heterocycles. The van der Waals surface area contributed by atoms with E-state index in [1.807, 2.05) is 24.3 Å². The Hall–Kier alpha value is -2.49. The summed E-state index contributed by atoms with van der Waals surface area (Å²) in [7, 11) is 0. The lowest BCUT2D eigenvalue weighted by Crippen LogP contribution is -2.09. The number of nitrogens with zero attached hydrogens (tertiary/aromatic N) is 2. The minimum atomic E-state index is -0.376. The number of nitrogens with one attached hydrogen (secondary N) is 1. The Morgan fingerprint density at radius 2 is 1.90 bits per heavy atom. The number of aromatic nitrogens is 3. The Labute approximate surface area is 116 Å². The van der Waals surface area contributed by atoms with Gasteiger partial charge in [-0.2, -0.15) is 0 Å². The summed E-state index contributed by atoms with van der Waals surface area (Å²) in [4.78, 5) is 22.2. The summed E-state index contributed by atoms with van der Waals surface area (Å²) in [6, 6.07) is 12.1. The van der Waals surface area contributed by atoms with Crippen LogP contribution < -0.4 is 5.69 Å². The van der Waals surface area contributed by atoms with Crippen LogP contribution in [0.5, 0.6) is 0 Å². The second-order valence-electron chi connectivity index (χ2n) is 5.06. The van der Waals surface area contributed by atoms with E-state index < -0.39 is 0 Å². The fourth-order valence-corrected chi connectivity index (χ4v) is 2.32. The van der Waals surface area contributed by atoms with Crippen molar-refractivity contribution >= 4 is 11.0 Å². The van der Waals surface area contributed by atoms with Crippen LogP contribution >= 0.6 is 0 Å². The summed E-state index contributed by atoms with van der Waals surface area (Å²) in [6.45, 7) is 4.32. The zero-order chi connectivity index (χ0) is 14.1. The highest BCUT2D eigenvalue weighted by Gasteiger charge is 2.09. The van der Waals surface area contributed by atoms with E-state index in [2.05, 4.69) is 40.9 Å². The van der Waals surface area contributed by atoms with Gasteiger partial charge in [-0.3, -0.25) is 4.98 Å². The molecule has 0 atom stereocenters. The Bertz CT molecular complexity index is 821. The van der Waals surface area contributed by atoms with Crippen molar-refractivity contribution in [3.8, 4) is 11.3 Å². The van der Waals surface area contributed by atoms with E-state index >= 15 is 0 Å². The van der Waals surface area contributed by atoms with Crippen LogP contribution in [0, 0.1) is 0 Å². The number of fused-ring (bicyclic) bond motifs is 1. The highest BCUT2D eigenvalue weighted by Crippen LogP contribution is 2.28. The molecule has 0 unspecified atom stereocenters. The second-order valence-corrected chi connectivity index (χ2v) is 5.06. The topological polar surface area (TPSA) is 58.6 Å². The summed E-state index contributed by atoms with van der Waals surface area (Å²) in [5.74, 6) is 0.417. The molecule has 0 saturated heterocycles. The number of pyridine rings is 1. The highest BCUT2D eigenvalue weighted by molar-refractivity contribution is 5.78. The van der Waals surface area contributed by atoms with Crippen LogP contribution in [0.3, 0.4) is 0 Å². The maximum Gasteiger partial charge on any atom is 0.346 e. The monoisotopic (exact) mass is 265 g/mol. The molecule has 0 aliphatic carbocycles. The number of aromatic amines is 1. The van der Waals surface area contributed by atoms with Gasteiger partial charge < -0.3 is 0 Å². The van der Waals surface area contributed by atoms with Gasteiger partial charge in [-0.05, 0) is 23.6 Å². The third kappa shape index (κ3) is 2.20. The maximum atomic E-state index is 11.3. The zero-order valence-electron chi connectivity index (χ0n) is 11.4. The molecule has 3 aromatic rings. The fraction of sp³-hybridized carbons (Fsp3) is 0.188. The molecular formula is C16H15N3O. The largest absolute Gasteiger partial charge is 0.346 e. The molecule has 100 valence electrons. The van der Waals surface area contributed by atoms with Gasteiger partial charge in [0.1, 0.15) is 5.65 Å². The maximum absolute atomic E-state index is 11.3. The van der Waals surface area contributed by atoms with Crippen LogP contribution in [0.2, 0.25) is 0 Å². The van der Waals surface area contributed by atoms with Gasteiger partial charge in [0.2, 0.25) is 0 Å². The van der Waals surface area contributed by atoms with Crippen molar-refractivity contribution in [1.82, 2.24) is 15.0 Å². The molecule has 4 heteroatoms. The Kier molecular flexibility index (Phi) is 3.06. The third-order valence-electron chi connectivity index (χ3n) is 3.33. The van der Waals surface area contributed by atoms with Crippen LogP contribution in [0.4, 0.5) is 0 Å². The number of hydrogen-bond donors (Lipinski definition) is 1. The quantitative estimate of drug-likeness (QED) is 0.774. The van der Waals surface area contributed by atoms with Crippen LogP contribution in [0.15, 0.2) is 47.4 Å². The van der Waals surface area contributed by atoms with E-state index in [9.17, 15) is 4.79 Å². The molecule has 1 N–H and O–H groups in total. The Morgan fingerprint density at radius 1 is 1.10 bits per heavy atom. The van der Waals surface area contributed by atoms with Crippen molar-refractivity contribution in [3.05, 3.63) is 58.6 Å². The van der Waals surface area contributed by atoms with Gasteiger partial charge >= 0.3 is 5.69 Å². The first-order valence-electron chi connectivity index (χ1n) is 6.60. The lowest BCUT2D eigenvalue weighted by molar-refractivity contribution is 0.868. The van der Waals surface area contributed by atoms with Crippen LogP contribution in [0.1, 0.15) is 25.3 Å². The molecule has 0 radical (unpaired) electrons. The first-order valence-corrected chi connectivity index (χ1v) is 6.60. The van der Waals surface area contributed by atoms with E-state index in [0.717, 1.165) is 16.6 Å². The first kappa shape index (κ1) is 12.5. The average Bonchev–Trinajstić information content (AvgIpc) is 2.46. The molecule has 2 aromatic heterocycles. The summed E-state index contributed by atoms with van der Waals surface area (Å²) in [5, 5.41) is 0.829. The van der Waals surface area contributed by atoms with Crippen LogP contribution in [-0.4, -0.2) is 15.0 Å². The molecule has 0 aliphatic rings. The average molecular weight is 265 g/mol. The van der Waals surface area contributed by atoms with E-state index in [1.54, 1.807) is 6.20 Å². The van der Waals surface area contributed by atoms with Crippen molar-refractivity contribution in [1.29, 1.82) is 0 Å². The van der Waals surface area contributed by atoms with Gasteiger partial charge in [-0.15, -0.1) is 0 Å². The Morgan fingerprint density at radius 3 is 2.70 bits per heavy atom. The zero-order valence-corrected chi connectivity index (χ0v) is 11.4. The van der Waals surface area contributed by atoms with Gasteiger partial charge in [-0.25, -0.2) is 14.8 Å². The molecule has 0 fully saturated rings. The van der Waals surface area contributed by atoms with Gasteiger partial charge in [0.05, 0.1) is 5.69 Å². The lowest BCUT2D eigenvalue weighted by Gasteiger charge is -2.12. The Balaban J connectivity index is 2.22. The molecule has 0 saturated carbocycles. The van der Waals surface area contributed by atoms with Crippen LogP contribution in [0.25, 0.3) is 22.3 Å². The number of hydrogen-bond acceptors (Lipinski definition) is 3. The molecule has 0 bridgehead atoms. The second kappa shape index (κ2) is 4.89. The number of benzene rings is 1. The summed E-state index contributed by atoms with van der Waals surface area (Å²) in [6.07, 6.45) is 1.54. The standard InChI is InChI=1S/C16H15N3O/c1-10(2)12-5-3-4-6-13(12)14-8-7-11-9-17-16(20)19-15(11)18-14/h3-10H,1-2H3,(H,17,18,19,20). The van der Waals surface area contributed by atoms with Crippen molar-refractivity contribution in [2.75, 3.05) is 0 Å². The smallest absolute Gasteiger partial charge is 0.290 e. The van der Waals surface area contributed by atoms with Gasteiger partial charge in [0, 0.05) is 17.1 Å². The van der Waals surface area contributed by atoms with Gasteiger partial charge in [-0.1, -0.05) is 38.1 Å². The third-order valence-corrected chi connectivity index (χ3v) is 3.33. The summed E-state index contributed by atoms with van der Waals surface area (Å²) in [5.41, 5.74) is 3.40. The van der Waals surface area contributed by atoms with Crippen molar-refractivity contribution in [2.45, 2.75) is 19.8 Å². The van der Waals surface area contributed by atoms with Crippen molar-refractivity contribution in [2.24, 2.45) is 0 Å². The number of rotatable bonds is 2. The molecule has 1 aromatic carbocycles. The minimum Gasteiger partial charge on any atom is -0.290 e. The molecule has 4 nitrogen and oxygen atoms in total. The predicted octanol–water partition coefficient (Wildman–Crippen LogP) is 3.11. The first-order chi connectivity index (χ1) is 9.65. The van der Waals surface area contributed by atoms with E-state index in [1.165, 1.54) is 5.56 Å². The number of H-pyrrole nitrogens is 1. The van der Waals surface area contributed by atoms with Crippen molar-refractivity contribution in [3.63, 3.8) is 0 Å². The fourth-order valence-electron chi connectivity index (χ4n) is 2.32. The lowest BCUT2D eigenvalue weighted by atomic mass is 9.95. The normalized spacial score (nSPS) is 11.2. The molecule has 0 amide bonds. The van der Waals surface area contributed by atoms with Gasteiger partial charge in [0.15, 0.2) is 0 Å². The van der Waals surface area contributed by atoms with Gasteiger partial charge in [0.25, 0.3) is 0 Å². The van der Waals surface area contributed by atoms with E-state index in [-0.39, 0.29) is 5.69 Å². The summed E-state index contributed by atoms with van der Waals surface area (Å²) >= 11 is 0. The van der Waals surface area contributed by atoms with E-state index in [4.69, 9.17) is 0 Å². The molecular weight excluding hydrogens is 250 g/mol. The SMILES string of the molecule is CC(C)c1ccccc1-c1ccc2cnc(=O)[nH]c2n1. The van der Waals surface area contributed by atoms with Crippen molar-refractivity contribution < 1.29 is 0 Å². The predicted molar refractivity (Wildman–Crippen MR) is 79.7 cm³/mol. The summed E-state index contributed by atoms with van der Waals surface area (Å²) < 4.78 is 0. The van der Waals surface area contributed by atoms with E-state index in [0.29, 0.717) is 11.6 Å². The van der Waals surface area contributed by atoms with Crippen LogP contribution in [-0.2, 0) is 0 Å². The minimum absolute atomic E-state index is 0.376. The molecule has 0 aliphatic heterocycles. The molecule has 20 heavy (non-hydrogen) atoms. The molecule has 0 spiro atoms. The molecule has 3 rings (SSSR count). The highest BCUT2D eigenvalue weighted by atomic mass is 16.1.